The highest BCUT2D eigenvalue weighted by molar-refractivity contribution is 7.78. The summed E-state index contributed by atoms with van der Waals surface area (Å²) in [6, 6.07) is 6.85. The Bertz CT molecular complexity index is 320. The minimum absolute atomic E-state index is 0.619. The molecule has 0 atom stereocenters. The minimum Gasteiger partial charge on any atom is -0.195 e. The molecule has 0 aliphatic rings. The van der Waals surface area contributed by atoms with Crippen molar-refractivity contribution >= 4 is 28.8 Å². The summed E-state index contributed by atoms with van der Waals surface area (Å²) in [5, 5.41) is 5.76. The molecule has 1 aromatic rings. The third kappa shape index (κ3) is 2.18. The Morgan fingerprint density at radius 2 is 1.83 bits per heavy atom. The van der Waals surface area contributed by atoms with Crippen molar-refractivity contribution in [1.29, 1.82) is 5.53 Å². The maximum atomic E-state index is 6.48. The predicted octanol–water partition coefficient (Wildman–Crippen LogP) is 2.60. The SMILES string of the molecule is N=[N+]=Nc1ccc(N=C=S)cc1. The zero-order valence-electron chi connectivity index (χ0n) is 6.06. The van der Waals surface area contributed by atoms with Gasteiger partial charge in [0.2, 0.25) is 4.91 Å². The van der Waals surface area contributed by atoms with Gasteiger partial charge in [-0.1, -0.05) is 0 Å². The van der Waals surface area contributed by atoms with E-state index >= 15 is 0 Å². The second-order valence-corrected chi connectivity index (χ2v) is 2.10. The molecule has 0 saturated heterocycles. The molecule has 0 bridgehead atoms. The van der Waals surface area contributed by atoms with Crippen molar-refractivity contribution in [2.45, 2.75) is 0 Å². The fraction of sp³-hybridized carbons (Fsp3) is 0. The summed E-state index contributed by atoms with van der Waals surface area (Å²) in [5.74, 6) is 0. The van der Waals surface area contributed by atoms with Gasteiger partial charge in [-0.05, 0) is 36.5 Å². The fourth-order valence-corrected chi connectivity index (χ4v) is 0.810. The lowest BCUT2D eigenvalue weighted by Crippen LogP contribution is -1.64. The molecule has 5 heteroatoms. The zero-order valence-corrected chi connectivity index (χ0v) is 6.88. The molecule has 0 fully saturated rings. The molecule has 0 spiro atoms. The molecule has 0 aliphatic heterocycles. The molecular formula is C7H5N4S+. The van der Waals surface area contributed by atoms with Crippen molar-refractivity contribution < 1.29 is 0 Å². The number of rotatable bonds is 2. The van der Waals surface area contributed by atoms with Crippen LogP contribution in [0.3, 0.4) is 0 Å². The molecule has 1 N–H and O–H groups in total. The summed E-state index contributed by atoms with van der Waals surface area (Å²) in [4.78, 5) is 6.64. The highest BCUT2D eigenvalue weighted by Crippen LogP contribution is 2.16. The van der Waals surface area contributed by atoms with Gasteiger partial charge in [0.25, 0.3) is 0 Å². The lowest BCUT2D eigenvalue weighted by atomic mass is 10.3. The third-order valence-corrected chi connectivity index (χ3v) is 1.28. The van der Waals surface area contributed by atoms with Gasteiger partial charge in [-0.2, -0.15) is 4.99 Å². The van der Waals surface area contributed by atoms with Crippen LogP contribution in [0, 0.1) is 5.53 Å². The maximum Gasteiger partial charge on any atom is 0.220 e. The summed E-state index contributed by atoms with van der Waals surface area (Å²) >= 11 is 4.43. The highest BCUT2D eigenvalue weighted by Gasteiger charge is 1.93. The first-order valence-electron chi connectivity index (χ1n) is 3.12. The van der Waals surface area contributed by atoms with Gasteiger partial charge >= 0.3 is 0 Å². The van der Waals surface area contributed by atoms with E-state index < -0.39 is 0 Å². The van der Waals surface area contributed by atoms with Gasteiger partial charge < -0.3 is 0 Å². The van der Waals surface area contributed by atoms with Crippen LogP contribution in [0.4, 0.5) is 11.4 Å². The standard InChI is InChI=1S/C7H5N4S/c8-11-10-7-3-1-6(2-4-7)9-5-12/h1-4,8H/q+1. The number of isothiocyanates is 1. The molecular weight excluding hydrogens is 172 g/mol. The number of benzene rings is 1. The summed E-state index contributed by atoms with van der Waals surface area (Å²) in [6.45, 7) is 0. The Labute approximate surface area is 74.2 Å². The van der Waals surface area contributed by atoms with Crippen LogP contribution >= 0.6 is 12.2 Å². The molecule has 1 rings (SSSR count). The molecule has 0 amide bonds. The van der Waals surface area contributed by atoms with E-state index in [1.54, 1.807) is 24.3 Å². The van der Waals surface area contributed by atoms with Crippen LogP contribution in [0.2, 0.25) is 0 Å². The Morgan fingerprint density at radius 3 is 2.33 bits per heavy atom. The van der Waals surface area contributed by atoms with E-state index in [0.29, 0.717) is 11.4 Å². The second kappa shape index (κ2) is 4.26. The summed E-state index contributed by atoms with van der Waals surface area (Å²) in [5.41, 5.74) is 7.82. The quantitative estimate of drug-likeness (QED) is 0.321. The topological polar surface area (TPSA) is 62.7 Å². The van der Waals surface area contributed by atoms with Gasteiger partial charge in [-0.25, -0.2) is 0 Å². The van der Waals surface area contributed by atoms with E-state index in [9.17, 15) is 0 Å². The molecule has 4 nitrogen and oxygen atoms in total. The number of hydrogen-bond donors (Lipinski definition) is 1. The summed E-state index contributed by atoms with van der Waals surface area (Å²) in [6.07, 6.45) is 0. The Morgan fingerprint density at radius 1 is 1.25 bits per heavy atom. The summed E-state index contributed by atoms with van der Waals surface area (Å²) in [7, 11) is 0. The van der Waals surface area contributed by atoms with E-state index in [1.165, 1.54) is 0 Å². The van der Waals surface area contributed by atoms with Crippen molar-refractivity contribution in [2.75, 3.05) is 0 Å². The van der Waals surface area contributed by atoms with Gasteiger partial charge in [0.05, 0.1) is 10.8 Å². The van der Waals surface area contributed by atoms with Crippen molar-refractivity contribution in [3.8, 4) is 0 Å². The molecule has 0 unspecified atom stereocenters. The van der Waals surface area contributed by atoms with Crippen LogP contribution in [0.25, 0.3) is 0 Å². The van der Waals surface area contributed by atoms with Crippen molar-refractivity contribution in [1.82, 2.24) is 4.91 Å². The van der Waals surface area contributed by atoms with Gasteiger partial charge in [0, 0.05) is 0 Å². The molecule has 0 aliphatic carbocycles. The Kier molecular flexibility index (Phi) is 2.99. The van der Waals surface area contributed by atoms with Crippen molar-refractivity contribution in [2.24, 2.45) is 10.1 Å². The van der Waals surface area contributed by atoms with Crippen LogP contribution in [0.15, 0.2) is 34.4 Å². The molecule has 0 saturated carbocycles. The number of nitrogens with zero attached hydrogens (tertiary/aromatic N) is 3. The van der Waals surface area contributed by atoms with Crippen LogP contribution < -0.4 is 4.91 Å². The Hall–Kier alpha value is -1.67. The zero-order chi connectivity index (χ0) is 8.81. The first-order valence-corrected chi connectivity index (χ1v) is 3.53. The van der Waals surface area contributed by atoms with Crippen LogP contribution in [0.1, 0.15) is 0 Å². The monoisotopic (exact) mass is 177 g/mol. The molecule has 58 valence electrons. The molecule has 1 aromatic carbocycles. The summed E-state index contributed by atoms with van der Waals surface area (Å²) < 4.78 is 0. The number of aliphatic imine (C=N–C) groups is 1. The van der Waals surface area contributed by atoms with Crippen molar-refractivity contribution in [3.05, 3.63) is 24.3 Å². The average molecular weight is 177 g/mol. The Balaban J connectivity index is 2.99. The maximum absolute atomic E-state index is 6.48. The molecule has 12 heavy (non-hydrogen) atoms. The van der Waals surface area contributed by atoms with Gasteiger partial charge in [-0.15, -0.1) is 0 Å². The minimum atomic E-state index is 0.619. The smallest absolute Gasteiger partial charge is 0.195 e. The average Bonchev–Trinajstić information content (AvgIpc) is 2.09. The van der Waals surface area contributed by atoms with E-state index in [-0.39, 0.29) is 0 Å². The van der Waals surface area contributed by atoms with E-state index in [4.69, 9.17) is 5.53 Å². The normalized spacial score (nSPS) is 8.00. The van der Waals surface area contributed by atoms with E-state index in [0.717, 1.165) is 0 Å². The molecule has 0 aromatic heterocycles. The highest BCUT2D eigenvalue weighted by atomic mass is 32.1. The predicted molar refractivity (Wildman–Crippen MR) is 48.1 cm³/mol. The first kappa shape index (κ1) is 8.43. The van der Waals surface area contributed by atoms with Gasteiger partial charge in [-0.3, -0.25) is 0 Å². The largest absolute Gasteiger partial charge is 0.220 e. The lowest BCUT2D eigenvalue weighted by molar-refractivity contribution is 0.992. The second-order valence-electron chi connectivity index (χ2n) is 1.92. The first-order chi connectivity index (χ1) is 5.86. The number of nitrogens with one attached hydrogen (secondary N) is 1. The van der Waals surface area contributed by atoms with Crippen LogP contribution in [0.5, 0.6) is 0 Å². The molecule has 0 heterocycles. The van der Waals surface area contributed by atoms with Crippen LogP contribution in [-0.2, 0) is 0 Å². The van der Waals surface area contributed by atoms with Gasteiger partial charge in [0.1, 0.15) is 5.53 Å². The van der Waals surface area contributed by atoms with E-state index in [2.05, 4.69) is 32.4 Å². The van der Waals surface area contributed by atoms with Crippen LogP contribution in [-0.4, -0.2) is 5.16 Å². The number of hydrogen-bond acceptors (Lipinski definition) is 4. The van der Waals surface area contributed by atoms with E-state index in [1.807, 2.05) is 0 Å². The third-order valence-electron chi connectivity index (χ3n) is 1.19. The van der Waals surface area contributed by atoms with Crippen molar-refractivity contribution in [3.63, 3.8) is 0 Å². The number of thiocarbonyl (C=S) groups is 1. The van der Waals surface area contributed by atoms with Gasteiger partial charge in [0.15, 0.2) is 10.8 Å². The fourth-order valence-electron chi connectivity index (χ4n) is 0.704. The lowest BCUT2D eigenvalue weighted by Gasteiger charge is -1.86. The molecule has 0 radical (unpaired) electrons.